The Labute approximate surface area is 241 Å². The molecule has 5 rings (SSSR count). The maximum atomic E-state index is 13.1. The van der Waals surface area contributed by atoms with Crippen LogP contribution in [0.1, 0.15) is 82.2 Å². The van der Waals surface area contributed by atoms with Gasteiger partial charge in [0.25, 0.3) is 0 Å². The fraction of sp³-hybridized carbons (Fsp3) is 0.424. The third-order valence-electron chi connectivity index (χ3n) is 7.49. The summed E-state index contributed by atoms with van der Waals surface area (Å²) in [5.74, 6) is 1.71. The van der Waals surface area contributed by atoms with E-state index in [1.54, 1.807) is 0 Å². The van der Waals surface area contributed by atoms with Gasteiger partial charge < -0.3 is 24.6 Å². The third kappa shape index (κ3) is 6.99. The Kier molecular flexibility index (Phi) is 8.76. The lowest BCUT2D eigenvalue weighted by Crippen LogP contribution is -2.37. The fourth-order valence-corrected chi connectivity index (χ4v) is 5.49. The van der Waals surface area contributed by atoms with Gasteiger partial charge in [-0.2, -0.15) is 0 Å². The topological polar surface area (TPSA) is 101 Å². The Balaban J connectivity index is 1.46. The van der Waals surface area contributed by atoms with Crippen LogP contribution < -0.4 is 5.32 Å². The van der Waals surface area contributed by atoms with Crippen LogP contribution in [-0.2, 0) is 30.5 Å². The SMILES string of the molecule is CCCCCCn1c(CCc2c[nH]c3ccccc23)nnc1[C@@H](Cc1c[nH]c2ccccc12)NC(=O)OC(C)(C)C. The van der Waals surface area contributed by atoms with E-state index in [-0.39, 0.29) is 0 Å². The van der Waals surface area contributed by atoms with E-state index < -0.39 is 17.7 Å². The molecule has 3 N–H and O–H groups in total. The van der Waals surface area contributed by atoms with Crippen molar-refractivity contribution in [3.63, 3.8) is 0 Å². The van der Waals surface area contributed by atoms with Gasteiger partial charge >= 0.3 is 6.09 Å². The van der Waals surface area contributed by atoms with Crippen LogP contribution in [0, 0.1) is 0 Å². The normalized spacial score (nSPS) is 12.7. The van der Waals surface area contributed by atoms with E-state index in [2.05, 4.69) is 63.3 Å². The minimum atomic E-state index is -0.603. The highest BCUT2D eigenvalue weighted by Crippen LogP contribution is 2.26. The van der Waals surface area contributed by atoms with Gasteiger partial charge in [-0.25, -0.2) is 4.79 Å². The predicted octanol–water partition coefficient (Wildman–Crippen LogP) is 7.41. The molecule has 8 heteroatoms. The minimum Gasteiger partial charge on any atom is -0.444 e. The molecule has 2 aromatic carbocycles. The minimum absolute atomic E-state index is 0.399. The van der Waals surface area contributed by atoms with Crippen molar-refractivity contribution in [1.82, 2.24) is 30.0 Å². The van der Waals surface area contributed by atoms with Crippen molar-refractivity contribution in [2.45, 2.75) is 90.8 Å². The molecule has 1 atom stereocenters. The first kappa shape index (κ1) is 28.5. The fourth-order valence-electron chi connectivity index (χ4n) is 5.49. The number of ether oxygens (including phenoxy) is 1. The number of hydrogen-bond acceptors (Lipinski definition) is 4. The zero-order valence-electron chi connectivity index (χ0n) is 24.7. The number of hydrogen-bond donors (Lipinski definition) is 3. The number of carbonyl (C=O) groups is 1. The maximum Gasteiger partial charge on any atom is 0.408 e. The molecule has 0 aliphatic rings. The van der Waals surface area contributed by atoms with Gasteiger partial charge in [0.1, 0.15) is 11.4 Å². The summed E-state index contributed by atoms with van der Waals surface area (Å²) >= 11 is 0. The number of fused-ring (bicyclic) bond motifs is 2. The number of carbonyl (C=O) groups excluding carboxylic acids is 1. The zero-order valence-corrected chi connectivity index (χ0v) is 24.7. The molecule has 3 aromatic heterocycles. The first-order chi connectivity index (χ1) is 19.8. The van der Waals surface area contributed by atoms with Crippen molar-refractivity contribution in [3.8, 4) is 0 Å². The van der Waals surface area contributed by atoms with Crippen molar-refractivity contribution in [2.75, 3.05) is 0 Å². The Morgan fingerprint density at radius 1 is 0.902 bits per heavy atom. The number of nitrogens with one attached hydrogen (secondary N) is 3. The van der Waals surface area contributed by atoms with Crippen LogP contribution in [0.25, 0.3) is 21.8 Å². The monoisotopic (exact) mass is 554 g/mol. The molecule has 0 aliphatic heterocycles. The summed E-state index contributed by atoms with van der Waals surface area (Å²) in [6, 6.07) is 16.2. The average molecular weight is 555 g/mol. The summed E-state index contributed by atoms with van der Waals surface area (Å²) in [4.78, 5) is 19.8. The molecule has 0 saturated heterocycles. The molecular formula is C33H42N6O2. The van der Waals surface area contributed by atoms with E-state index in [4.69, 9.17) is 14.9 Å². The second kappa shape index (κ2) is 12.6. The lowest BCUT2D eigenvalue weighted by Gasteiger charge is -2.24. The number of nitrogens with zero attached hydrogens (tertiary/aromatic N) is 3. The number of aryl methyl sites for hydroxylation is 2. The molecule has 5 aromatic rings. The van der Waals surface area contributed by atoms with Gasteiger partial charge in [0.2, 0.25) is 0 Å². The Morgan fingerprint density at radius 2 is 1.56 bits per heavy atom. The number of H-pyrrole nitrogens is 2. The molecule has 0 radical (unpaired) electrons. The van der Waals surface area contributed by atoms with Gasteiger partial charge in [0.15, 0.2) is 5.82 Å². The van der Waals surface area contributed by atoms with Crippen LogP contribution in [0.15, 0.2) is 60.9 Å². The molecule has 8 nitrogen and oxygen atoms in total. The van der Waals surface area contributed by atoms with Gasteiger partial charge in [-0.3, -0.25) is 0 Å². The van der Waals surface area contributed by atoms with E-state index in [1.807, 2.05) is 45.2 Å². The van der Waals surface area contributed by atoms with Gasteiger partial charge in [-0.05, 0) is 56.9 Å². The Morgan fingerprint density at radius 3 is 2.24 bits per heavy atom. The van der Waals surface area contributed by atoms with Crippen molar-refractivity contribution in [3.05, 3.63) is 83.7 Å². The van der Waals surface area contributed by atoms with Crippen LogP contribution in [-0.4, -0.2) is 36.4 Å². The number of rotatable bonds is 12. The van der Waals surface area contributed by atoms with Crippen LogP contribution in [0.2, 0.25) is 0 Å². The molecule has 216 valence electrons. The van der Waals surface area contributed by atoms with Gasteiger partial charge in [0, 0.05) is 53.6 Å². The second-order valence-electron chi connectivity index (χ2n) is 11.8. The van der Waals surface area contributed by atoms with E-state index in [1.165, 1.54) is 23.8 Å². The van der Waals surface area contributed by atoms with E-state index in [9.17, 15) is 4.79 Å². The highest BCUT2D eigenvalue weighted by molar-refractivity contribution is 5.83. The number of unbranched alkanes of at least 4 members (excludes halogenated alkanes) is 3. The molecule has 0 saturated carbocycles. The van der Waals surface area contributed by atoms with Gasteiger partial charge in [-0.15, -0.1) is 10.2 Å². The molecular weight excluding hydrogens is 512 g/mol. The Bertz CT molecular complexity index is 1590. The Hall–Kier alpha value is -4.07. The summed E-state index contributed by atoms with van der Waals surface area (Å²) in [5, 5.41) is 14.9. The predicted molar refractivity (Wildman–Crippen MR) is 164 cm³/mol. The lowest BCUT2D eigenvalue weighted by molar-refractivity contribution is 0.0500. The third-order valence-corrected chi connectivity index (χ3v) is 7.49. The molecule has 41 heavy (non-hydrogen) atoms. The van der Waals surface area contributed by atoms with E-state index >= 15 is 0 Å². The number of aromatic nitrogens is 5. The first-order valence-electron chi connectivity index (χ1n) is 14.8. The molecule has 1 amide bonds. The van der Waals surface area contributed by atoms with Gasteiger partial charge in [-0.1, -0.05) is 62.6 Å². The van der Waals surface area contributed by atoms with Crippen LogP contribution in [0.4, 0.5) is 4.79 Å². The average Bonchev–Trinajstić information content (AvgIpc) is 3.66. The summed E-state index contributed by atoms with van der Waals surface area (Å²) in [6.45, 7) is 8.66. The molecule has 3 heterocycles. The summed E-state index contributed by atoms with van der Waals surface area (Å²) in [5.41, 5.74) is 3.99. The smallest absolute Gasteiger partial charge is 0.408 e. The van der Waals surface area contributed by atoms with Crippen molar-refractivity contribution >= 4 is 27.9 Å². The van der Waals surface area contributed by atoms with E-state index in [0.717, 1.165) is 65.9 Å². The van der Waals surface area contributed by atoms with Crippen molar-refractivity contribution in [1.29, 1.82) is 0 Å². The number of alkyl carbamates (subject to hydrolysis) is 1. The molecule has 0 fully saturated rings. The van der Waals surface area contributed by atoms with E-state index in [0.29, 0.717) is 6.42 Å². The summed E-state index contributed by atoms with van der Waals surface area (Å²) in [7, 11) is 0. The highest BCUT2D eigenvalue weighted by Gasteiger charge is 2.27. The van der Waals surface area contributed by atoms with Crippen molar-refractivity contribution in [2.24, 2.45) is 0 Å². The maximum absolute atomic E-state index is 13.1. The van der Waals surface area contributed by atoms with Crippen LogP contribution in [0.5, 0.6) is 0 Å². The molecule has 0 bridgehead atoms. The second-order valence-corrected chi connectivity index (χ2v) is 11.8. The summed E-state index contributed by atoms with van der Waals surface area (Å²) < 4.78 is 7.91. The largest absolute Gasteiger partial charge is 0.444 e. The lowest BCUT2D eigenvalue weighted by atomic mass is 10.0. The quantitative estimate of drug-likeness (QED) is 0.140. The number of aromatic amines is 2. The number of benzene rings is 2. The first-order valence-corrected chi connectivity index (χ1v) is 14.8. The number of amides is 1. The van der Waals surface area contributed by atoms with Gasteiger partial charge in [0.05, 0.1) is 6.04 Å². The van der Waals surface area contributed by atoms with Crippen LogP contribution in [0.3, 0.4) is 0 Å². The standard InChI is InChI=1S/C33H42N6O2/c1-5-6-7-12-19-39-30(18-17-23-21-34-27-15-10-8-13-25(23)27)37-38-31(39)29(36-32(40)41-33(2,3)4)20-24-22-35-28-16-11-9-14-26(24)28/h8-11,13-16,21-22,29,34-35H,5-7,12,17-20H2,1-4H3,(H,36,40)/t29-/m1/s1. The number of para-hydroxylation sites is 2. The summed E-state index contributed by atoms with van der Waals surface area (Å²) in [6.07, 6.45) is 10.4. The van der Waals surface area contributed by atoms with Crippen molar-refractivity contribution < 1.29 is 9.53 Å². The highest BCUT2D eigenvalue weighted by atomic mass is 16.6. The molecule has 0 spiro atoms. The van der Waals surface area contributed by atoms with Crippen LogP contribution >= 0.6 is 0 Å². The zero-order chi connectivity index (χ0) is 28.8. The molecule has 0 aliphatic carbocycles. The molecule has 0 unspecified atom stereocenters.